The highest BCUT2D eigenvalue weighted by molar-refractivity contribution is 6.33. The average molecular weight is 208 g/mol. The topological polar surface area (TPSA) is 149 Å². The highest BCUT2D eigenvalue weighted by Gasteiger charge is 2.08. The molecule has 0 amide bonds. The van der Waals surface area contributed by atoms with Crippen molar-refractivity contribution in [1.82, 2.24) is 0 Å². The molecule has 0 heterocycles. The molecule has 0 bridgehead atoms. The van der Waals surface area contributed by atoms with Crippen molar-refractivity contribution in [3.05, 3.63) is 0 Å². The molecule has 8 heteroatoms. The lowest BCUT2D eigenvalue weighted by Crippen LogP contribution is -2.20. The van der Waals surface area contributed by atoms with Gasteiger partial charge in [0.05, 0.1) is 0 Å². The normalized spacial score (nSPS) is 10.4. The summed E-state index contributed by atoms with van der Waals surface area (Å²) in [6, 6.07) is 0. The molecule has 0 aromatic heterocycles. The third kappa shape index (κ3) is 8.30. The highest BCUT2D eigenvalue weighted by Crippen LogP contribution is 1.71. The van der Waals surface area contributed by atoms with E-state index < -0.39 is 30.4 Å². The smallest absolute Gasteiger partial charge is 0.374 e. The number of aliphatic hydroxyl groups is 2. The fourth-order valence-electron chi connectivity index (χ4n) is 0.126. The number of carboxylic acids is 2. The van der Waals surface area contributed by atoms with Crippen LogP contribution >= 0.6 is 0 Å². The summed E-state index contributed by atoms with van der Waals surface area (Å²) < 4.78 is 0. The third-order valence-electron chi connectivity index (χ3n) is 0.764. The molecule has 0 aliphatic carbocycles. The summed E-state index contributed by atoms with van der Waals surface area (Å²) in [6.07, 6.45) is -1.91. The number of carbonyl (C=O) groups is 4. The van der Waals surface area contributed by atoms with Crippen LogP contribution < -0.4 is 0 Å². The summed E-state index contributed by atoms with van der Waals surface area (Å²) in [5.74, 6) is -4.29. The first-order chi connectivity index (χ1) is 6.36. The number of rotatable bonds is 4. The zero-order chi connectivity index (χ0) is 11.7. The lowest BCUT2D eigenvalue weighted by Gasteiger charge is -1.88. The number of aliphatic carboxylic acids is 2. The van der Waals surface area contributed by atoms with E-state index in [0.29, 0.717) is 0 Å². The van der Waals surface area contributed by atoms with Gasteiger partial charge in [-0.1, -0.05) is 0 Å². The van der Waals surface area contributed by atoms with Gasteiger partial charge in [0.25, 0.3) is 5.78 Å². The summed E-state index contributed by atoms with van der Waals surface area (Å²) in [7, 11) is 0. The summed E-state index contributed by atoms with van der Waals surface area (Å²) in [4.78, 5) is 37.8. The molecule has 0 spiro atoms. The van der Waals surface area contributed by atoms with E-state index in [1.807, 2.05) is 0 Å². The minimum absolute atomic E-state index is 0.0532. The first-order valence-corrected chi connectivity index (χ1v) is 3.10. The molecule has 0 radical (unpaired) electrons. The van der Waals surface area contributed by atoms with Crippen LogP contribution in [0.1, 0.15) is 0 Å². The Labute approximate surface area is 77.4 Å². The third-order valence-corrected chi connectivity index (χ3v) is 0.764. The molecule has 0 aromatic rings. The van der Waals surface area contributed by atoms with Crippen molar-refractivity contribution in [3.63, 3.8) is 0 Å². The molecule has 0 aromatic carbocycles. The maximum Gasteiger partial charge on any atom is 0.374 e. The van der Waals surface area contributed by atoms with Crippen LogP contribution in [-0.4, -0.2) is 57.1 Å². The number of hydrogen-bond donors (Lipinski definition) is 4. The fraction of sp³-hybridized carbons (Fsp3) is 0.333. The van der Waals surface area contributed by atoms with Gasteiger partial charge < -0.3 is 20.4 Å². The zero-order valence-electron chi connectivity index (χ0n) is 6.78. The van der Waals surface area contributed by atoms with Crippen LogP contribution in [0, 0.1) is 0 Å². The second-order valence-corrected chi connectivity index (χ2v) is 1.81. The lowest BCUT2D eigenvalue weighted by molar-refractivity contribution is -0.150. The van der Waals surface area contributed by atoms with E-state index in [9.17, 15) is 19.2 Å². The van der Waals surface area contributed by atoms with Gasteiger partial charge in [0.1, 0.15) is 6.61 Å². The van der Waals surface area contributed by atoms with Gasteiger partial charge in [-0.05, 0) is 0 Å². The standard InChI is InChI=1S/2C3H4O4/c2*4-1-2(5)3(6)7/h4H,1H2,(H,6,7);1-2,5H,(H,6,7). The SMILES string of the molecule is O=C(O)C(=O)CO.O=CC(O)C(=O)O. The maximum atomic E-state index is 9.66. The summed E-state index contributed by atoms with van der Waals surface area (Å²) in [5, 5.41) is 31.1. The minimum Gasteiger partial charge on any atom is -0.479 e. The first-order valence-electron chi connectivity index (χ1n) is 3.10. The Hall–Kier alpha value is -1.80. The monoisotopic (exact) mass is 208 g/mol. The van der Waals surface area contributed by atoms with Crippen LogP contribution in [0.15, 0.2) is 0 Å². The summed E-state index contributed by atoms with van der Waals surface area (Å²) >= 11 is 0. The van der Waals surface area contributed by atoms with Crippen molar-refractivity contribution < 1.29 is 39.6 Å². The van der Waals surface area contributed by atoms with E-state index in [-0.39, 0.29) is 6.29 Å². The summed E-state index contributed by atoms with van der Waals surface area (Å²) in [5.41, 5.74) is 0. The number of hydrogen-bond acceptors (Lipinski definition) is 6. The second kappa shape index (κ2) is 7.83. The van der Waals surface area contributed by atoms with E-state index in [1.165, 1.54) is 0 Å². The van der Waals surface area contributed by atoms with Gasteiger partial charge in [0.15, 0.2) is 6.29 Å². The molecule has 0 saturated carbocycles. The molecule has 0 aliphatic heterocycles. The van der Waals surface area contributed by atoms with Crippen LogP contribution in [0.3, 0.4) is 0 Å². The number of aldehydes is 1. The van der Waals surface area contributed by atoms with Gasteiger partial charge in [-0.3, -0.25) is 9.59 Å². The van der Waals surface area contributed by atoms with Crippen molar-refractivity contribution in [2.75, 3.05) is 6.61 Å². The molecule has 1 unspecified atom stereocenters. The molecule has 0 rings (SSSR count). The number of carboxylic acid groups (broad SMARTS) is 2. The lowest BCUT2D eigenvalue weighted by atomic mass is 10.4. The molecule has 8 nitrogen and oxygen atoms in total. The predicted molar refractivity (Wildman–Crippen MR) is 39.4 cm³/mol. The Balaban J connectivity index is 0. The number of Topliss-reactive ketones (excluding diaryl/α,β-unsaturated/α-hetero) is 1. The van der Waals surface area contributed by atoms with E-state index in [4.69, 9.17) is 20.4 Å². The van der Waals surface area contributed by atoms with Crippen molar-refractivity contribution in [2.45, 2.75) is 6.10 Å². The van der Waals surface area contributed by atoms with Crippen molar-refractivity contribution >= 4 is 24.0 Å². The average Bonchev–Trinajstić information content (AvgIpc) is 2.15. The van der Waals surface area contributed by atoms with Crippen LogP contribution in [0.25, 0.3) is 0 Å². The molecular weight excluding hydrogens is 200 g/mol. The van der Waals surface area contributed by atoms with E-state index in [0.717, 1.165) is 0 Å². The van der Waals surface area contributed by atoms with Gasteiger partial charge in [-0.15, -0.1) is 0 Å². The highest BCUT2D eigenvalue weighted by atomic mass is 16.4. The molecular formula is C6H8O8. The van der Waals surface area contributed by atoms with E-state index in [2.05, 4.69) is 0 Å². The fourth-order valence-corrected chi connectivity index (χ4v) is 0.126. The Morgan fingerprint density at radius 1 is 1.21 bits per heavy atom. The molecule has 80 valence electrons. The van der Waals surface area contributed by atoms with Gasteiger partial charge in [0, 0.05) is 0 Å². The largest absolute Gasteiger partial charge is 0.479 e. The molecule has 14 heavy (non-hydrogen) atoms. The van der Waals surface area contributed by atoms with Crippen molar-refractivity contribution in [2.24, 2.45) is 0 Å². The van der Waals surface area contributed by atoms with E-state index in [1.54, 1.807) is 0 Å². The van der Waals surface area contributed by atoms with Gasteiger partial charge in [0.2, 0.25) is 6.10 Å². The Morgan fingerprint density at radius 2 is 1.64 bits per heavy atom. The number of aliphatic hydroxyl groups excluding tert-OH is 2. The van der Waals surface area contributed by atoms with Gasteiger partial charge in [-0.2, -0.15) is 0 Å². The number of carbonyl (C=O) groups excluding carboxylic acids is 2. The Kier molecular flexibility index (Phi) is 8.23. The van der Waals surface area contributed by atoms with E-state index >= 15 is 0 Å². The molecule has 0 fully saturated rings. The zero-order valence-corrected chi connectivity index (χ0v) is 6.78. The van der Waals surface area contributed by atoms with Gasteiger partial charge in [-0.25, -0.2) is 9.59 Å². The van der Waals surface area contributed by atoms with Gasteiger partial charge >= 0.3 is 11.9 Å². The maximum absolute atomic E-state index is 9.66. The molecule has 1 atom stereocenters. The van der Waals surface area contributed by atoms with Crippen LogP contribution in [0.2, 0.25) is 0 Å². The van der Waals surface area contributed by atoms with Crippen LogP contribution in [-0.2, 0) is 19.2 Å². The molecule has 0 aliphatic rings. The Bertz CT molecular complexity index is 232. The predicted octanol–water partition coefficient (Wildman–Crippen LogP) is -2.74. The minimum atomic E-state index is -1.86. The summed E-state index contributed by atoms with van der Waals surface area (Å²) in [6.45, 7) is -0.921. The van der Waals surface area contributed by atoms with Crippen molar-refractivity contribution in [3.8, 4) is 0 Å². The van der Waals surface area contributed by atoms with Crippen molar-refractivity contribution in [1.29, 1.82) is 0 Å². The molecule has 0 saturated heterocycles. The second-order valence-electron chi connectivity index (χ2n) is 1.81. The quantitative estimate of drug-likeness (QED) is 0.221. The van der Waals surface area contributed by atoms with Crippen LogP contribution in [0.5, 0.6) is 0 Å². The number of ketones is 1. The van der Waals surface area contributed by atoms with Crippen LogP contribution in [0.4, 0.5) is 0 Å². The Morgan fingerprint density at radius 3 is 1.64 bits per heavy atom. The molecule has 4 N–H and O–H groups in total. The first kappa shape index (κ1) is 14.7.